The summed E-state index contributed by atoms with van der Waals surface area (Å²) in [4.78, 5) is 170. The third-order valence-corrected chi connectivity index (χ3v) is 18.0. The molecule has 0 aliphatic carbocycles. The van der Waals surface area contributed by atoms with Gasteiger partial charge in [-0.3, -0.25) is 47.9 Å². The molecular weight excluding hydrogens is 1170 g/mol. The molecule has 2 aliphatic rings. The molecular formula is C66H116N11O14+. The quantitative estimate of drug-likeness (QED) is 0.0328. The van der Waals surface area contributed by atoms with Gasteiger partial charge < -0.3 is 65.2 Å². The standard InChI is InChI=1S/C66H115N11O14/c1-27-30-31-41(14)54(78)51-58(82)69-45(28-2)60(84)71(20)44(17)59(83)74(23)48(34-66(18,19)91-35-90-29-3)57(81)70-49(38(8)9)62(86)72(21)46(32-36(4)5)56(80)67-42(15)55(79)68-43(16)65(89)77(26)52(40(12)13)53(77)64(88)73(22)47(33-37(6)7)61(85)75(24)50(39(10)11)63(87)76(51)25/h27,30,36-43,45-54,78H,17,28-29,31-35H2,1-16,18-26H3,(H3-,67,68,69,70,79,80,81,82)/p+1/b30-27+/t41-,42+,43-,45+,46+,47+,48+,49+,50+,51+,52?,53-,54-,77?/m1/s1. The molecule has 2 unspecified atom stereocenters. The molecule has 0 aromatic rings. The van der Waals surface area contributed by atoms with Crippen molar-refractivity contribution in [2.75, 3.05) is 62.7 Å². The Balaban J connectivity index is 3.06. The Labute approximate surface area is 543 Å². The number of amides is 11. The smallest absolute Gasteiger partial charge is 0.336 e. The monoisotopic (exact) mass is 1290 g/mol. The molecule has 25 nitrogen and oxygen atoms in total. The van der Waals surface area contributed by atoms with Crippen molar-refractivity contribution in [3.8, 4) is 0 Å². The zero-order valence-corrected chi connectivity index (χ0v) is 59.6. The lowest BCUT2D eigenvalue weighted by Crippen LogP contribution is -2.63. The molecule has 11 amide bonds. The van der Waals surface area contributed by atoms with Crippen LogP contribution >= 0.6 is 0 Å². The molecule has 2 saturated heterocycles. The number of aliphatic hydroxyl groups excluding tert-OH is 1. The number of hydrogen-bond acceptors (Lipinski definition) is 14. The van der Waals surface area contributed by atoms with Crippen LogP contribution in [0, 0.1) is 35.5 Å². The van der Waals surface area contributed by atoms with Crippen molar-refractivity contribution in [1.29, 1.82) is 0 Å². The van der Waals surface area contributed by atoms with Crippen LogP contribution in [0.4, 0.5) is 0 Å². The second-order valence-electron chi connectivity index (χ2n) is 27.8. The van der Waals surface area contributed by atoms with Gasteiger partial charge >= 0.3 is 5.91 Å². The van der Waals surface area contributed by atoms with E-state index in [1.54, 1.807) is 88.4 Å². The third kappa shape index (κ3) is 20.1. The van der Waals surface area contributed by atoms with Crippen LogP contribution < -0.4 is 21.3 Å². The largest absolute Gasteiger partial charge is 0.390 e. The minimum absolute atomic E-state index is 0.0523. The summed E-state index contributed by atoms with van der Waals surface area (Å²) in [6, 6.07) is -13.4. The number of fused-ring (bicyclic) bond motifs is 1. The number of aliphatic hydroxyl groups is 1. The van der Waals surface area contributed by atoms with Crippen LogP contribution in [-0.2, 0) is 62.2 Å². The highest BCUT2D eigenvalue weighted by atomic mass is 16.7. The lowest BCUT2D eigenvalue weighted by Gasteiger charge is -2.40. The van der Waals surface area contributed by atoms with Crippen LogP contribution in [0.5, 0.6) is 0 Å². The average molecular weight is 1290 g/mol. The highest BCUT2D eigenvalue weighted by molar-refractivity contribution is 6.02. The summed E-state index contributed by atoms with van der Waals surface area (Å²) in [5.74, 6) is -10.3. The molecule has 2 rings (SSSR count). The molecule has 0 aromatic heterocycles. The van der Waals surface area contributed by atoms with E-state index in [1.807, 2.05) is 41.5 Å². The predicted octanol–water partition coefficient (Wildman–Crippen LogP) is 3.42. The molecule has 5 N–H and O–H groups in total. The number of likely N-dealkylation sites (N-methyl/N-ethyl adjacent to an activating group) is 7. The zero-order chi connectivity index (χ0) is 70.4. The minimum Gasteiger partial charge on any atom is -0.390 e. The Kier molecular flexibility index (Phi) is 30.7. The van der Waals surface area contributed by atoms with E-state index in [9.17, 15) is 43.5 Å². The van der Waals surface area contributed by atoms with E-state index in [4.69, 9.17) is 9.47 Å². The number of carbonyl (C=O) groups is 11. The molecule has 0 aromatic carbocycles. The first-order chi connectivity index (χ1) is 42.0. The normalized spacial score (nSPS) is 28.8. The summed E-state index contributed by atoms with van der Waals surface area (Å²) in [5.41, 5.74) is -1.58. The summed E-state index contributed by atoms with van der Waals surface area (Å²) in [6.07, 6.45) is 2.35. The highest BCUT2D eigenvalue weighted by Crippen LogP contribution is 2.45. The number of ether oxygens (including phenoxy) is 2. The molecule has 25 heteroatoms. The Hall–Kier alpha value is -6.31. The van der Waals surface area contributed by atoms with Crippen molar-refractivity contribution in [3.63, 3.8) is 0 Å². The van der Waals surface area contributed by atoms with Crippen LogP contribution in [0.15, 0.2) is 24.4 Å². The van der Waals surface area contributed by atoms with Gasteiger partial charge in [0.05, 0.1) is 18.8 Å². The SMILES string of the molecule is C=C1C(=O)N(C)[C@@H](CC(C)(C)OCOCC)C(=O)N[C@@H](C(C)C)C(=O)N(C)[C@@H](CC(C)C)C(=O)N[C@@H](C)C(=O)N[C@H](C)C(=O)[N+]2(C)C(C(C)C)[C@@H]2C(=O)N(C)[C@@H](CC(C)C)C(=O)N(C)[C@@H](C(C)C)C(=O)N(C)[C@@H]([C@H](O)[C@H](C)C/C=C/C)C(=O)N[C@@H](CC)C(=O)N1C. The first kappa shape index (κ1) is 80.8. The fourth-order valence-electron chi connectivity index (χ4n) is 12.2. The van der Waals surface area contributed by atoms with Gasteiger partial charge in [-0.25, -0.2) is 9.28 Å². The van der Waals surface area contributed by atoms with E-state index < -0.39 is 171 Å². The first-order valence-corrected chi connectivity index (χ1v) is 32.4. The van der Waals surface area contributed by atoms with Gasteiger partial charge in [0, 0.05) is 61.2 Å². The van der Waals surface area contributed by atoms with Gasteiger partial charge in [-0.05, 0) is 96.8 Å². The van der Waals surface area contributed by atoms with Crippen LogP contribution in [0.3, 0.4) is 0 Å². The maximum Gasteiger partial charge on any atom is 0.336 e. The molecule has 0 bridgehead atoms. The number of carbonyl (C=O) groups excluding carboxylic acids is 11. The number of nitrogens with one attached hydrogen (secondary N) is 4. The van der Waals surface area contributed by atoms with Crippen LogP contribution in [0.2, 0.25) is 0 Å². The van der Waals surface area contributed by atoms with E-state index in [0.717, 1.165) is 14.7 Å². The number of hydrogen-bond donors (Lipinski definition) is 5. The highest BCUT2D eigenvalue weighted by Gasteiger charge is 2.74. The Morgan fingerprint density at radius 1 is 0.604 bits per heavy atom. The summed E-state index contributed by atoms with van der Waals surface area (Å²) in [5, 5.41) is 23.2. The lowest BCUT2D eigenvalue weighted by atomic mass is 9.91. The van der Waals surface area contributed by atoms with Crippen molar-refractivity contribution in [3.05, 3.63) is 24.4 Å². The second kappa shape index (κ2) is 34.6. The number of rotatable bonds is 18. The molecule has 14 atom stereocenters. The lowest BCUT2D eigenvalue weighted by molar-refractivity contribution is -0.723. The van der Waals surface area contributed by atoms with Gasteiger partial charge in [-0.15, -0.1) is 0 Å². The van der Waals surface area contributed by atoms with Crippen molar-refractivity contribution < 1.29 is 71.8 Å². The Morgan fingerprint density at radius 3 is 1.62 bits per heavy atom. The number of allylic oxidation sites excluding steroid dienone is 2. The topological polar surface area (TPSA) is 294 Å². The minimum atomic E-state index is -1.66. The molecule has 2 aliphatic heterocycles. The zero-order valence-electron chi connectivity index (χ0n) is 59.6. The van der Waals surface area contributed by atoms with Gasteiger partial charge in [-0.1, -0.05) is 102 Å². The number of nitrogens with zero attached hydrogens (tertiary/aromatic N) is 7. The maximum absolute atomic E-state index is 15.2. The molecule has 91 heavy (non-hydrogen) atoms. The summed E-state index contributed by atoms with van der Waals surface area (Å²) in [6.45, 7) is 35.3. The molecule has 2 fully saturated rings. The third-order valence-electron chi connectivity index (χ3n) is 18.0. The van der Waals surface area contributed by atoms with Crippen LogP contribution in [-0.4, -0.2) is 245 Å². The Morgan fingerprint density at radius 2 is 1.12 bits per heavy atom. The number of quaternary nitrogens is 1. The summed E-state index contributed by atoms with van der Waals surface area (Å²) >= 11 is 0. The molecule has 0 radical (unpaired) electrons. The van der Waals surface area contributed by atoms with Crippen molar-refractivity contribution >= 4 is 65.0 Å². The van der Waals surface area contributed by atoms with Gasteiger partial charge in [0.25, 0.3) is 11.8 Å². The molecule has 0 saturated carbocycles. The van der Waals surface area contributed by atoms with Gasteiger partial charge in [0.2, 0.25) is 53.3 Å². The van der Waals surface area contributed by atoms with Gasteiger partial charge in [0.1, 0.15) is 66.9 Å². The van der Waals surface area contributed by atoms with E-state index in [2.05, 4.69) is 27.8 Å². The summed E-state index contributed by atoms with van der Waals surface area (Å²) in [7, 11) is 9.88. The van der Waals surface area contributed by atoms with Crippen molar-refractivity contribution in [2.45, 2.75) is 235 Å². The van der Waals surface area contributed by atoms with E-state index in [-0.39, 0.29) is 56.7 Å². The fraction of sp³-hybridized carbons (Fsp3) is 0.773. The maximum atomic E-state index is 15.2. The van der Waals surface area contributed by atoms with Crippen LogP contribution in [0.1, 0.15) is 157 Å². The van der Waals surface area contributed by atoms with Gasteiger partial charge in [0.15, 0.2) is 6.04 Å². The molecule has 518 valence electrons. The summed E-state index contributed by atoms with van der Waals surface area (Å²) < 4.78 is 11.1. The van der Waals surface area contributed by atoms with Crippen molar-refractivity contribution in [1.82, 2.24) is 50.7 Å². The van der Waals surface area contributed by atoms with Crippen molar-refractivity contribution in [2.24, 2.45) is 35.5 Å². The Bertz CT molecular complexity index is 2630. The first-order valence-electron chi connectivity index (χ1n) is 32.4. The predicted molar refractivity (Wildman–Crippen MR) is 347 cm³/mol. The van der Waals surface area contributed by atoms with Crippen LogP contribution in [0.25, 0.3) is 0 Å². The molecule has 0 spiro atoms. The van der Waals surface area contributed by atoms with E-state index in [1.165, 1.54) is 70.8 Å². The van der Waals surface area contributed by atoms with E-state index >= 15 is 14.4 Å². The average Bonchev–Trinajstić information content (AvgIpc) is 1.55. The molecule has 2 heterocycles. The van der Waals surface area contributed by atoms with E-state index in [0.29, 0.717) is 6.61 Å². The fourth-order valence-corrected chi connectivity index (χ4v) is 12.2. The van der Waals surface area contributed by atoms with Gasteiger partial charge in [-0.2, -0.15) is 0 Å². The second-order valence-corrected chi connectivity index (χ2v) is 27.8.